The van der Waals surface area contributed by atoms with Gasteiger partial charge in [0.05, 0.1) is 12.1 Å². The van der Waals surface area contributed by atoms with Gasteiger partial charge in [0.25, 0.3) is 5.91 Å². The number of hydrogen-bond donors (Lipinski definition) is 3. The Morgan fingerprint density at radius 3 is 2.61 bits per heavy atom. The Bertz CT molecular complexity index is 424. The fourth-order valence-electron chi connectivity index (χ4n) is 1.27. The molecule has 2 amide bonds. The van der Waals surface area contributed by atoms with Crippen molar-refractivity contribution >= 4 is 27.7 Å². The van der Waals surface area contributed by atoms with Crippen LogP contribution in [0.25, 0.3) is 0 Å². The Balaban J connectivity index is 2.38. The van der Waals surface area contributed by atoms with Crippen molar-refractivity contribution in [3.8, 4) is 0 Å². The van der Waals surface area contributed by atoms with E-state index in [0.717, 1.165) is 0 Å². The monoisotopic (exact) mass is 314 g/mol. The molecule has 0 spiro atoms. The van der Waals surface area contributed by atoms with Gasteiger partial charge in [-0.2, -0.15) is 0 Å². The molecule has 0 saturated carbocycles. The first-order valence-corrected chi connectivity index (χ1v) is 6.34. The van der Waals surface area contributed by atoms with Crippen LogP contribution >= 0.6 is 15.9 Å². The molecule has 0 aliphatic rings. The van der Waals surface area contributed by atoms with Crippen LogP contribution in [0.1, 0.15) is 16.8 Å². The van der Waals surface area contributed by atoms with E-state index in [1.54, 1.807) is 18.2 Å². The van der Waals surface area contributed by atoms with Crippen LogP contribution in [0.5, 0.6) is 0 Å². The minimum atomic E-state index is -0.306. The lowest BCUT2D eigenvalue weighted by molar-refractivity contribution is -0.120. The van der Waals surface area contributed by atoms with Gasteiger partial charge >= 0.3 is 0 Å². The van der Waals surface area contributed by atoms with E-state index in [0.29, 0.717) is 23.0 Å². The molecule has 0 heterocycles. The van der Waals surface area contributed by atoms with Crippen LogP contribution in [0.15, 0.2) is 28.7 Å². The summed E-state index contributed by atoms with van der Waals surface area (Å²) in [4.78, 5) is 23.1. The third-order valence-electron chi connectivity index (χ3n) is 2.19. The summed E-state index contributed by atoms with van der Waals surface area (Å²) in [7, 11) is 0. The predicted molar refractivity (Wildman–Crippen MR) is 71.2 cm³/mol. The van der Waals surface area contributed by atoms with Crippen LogP contribution in [-0.2, 0) is 4.79 Å². The quantitative estimate of drug-likeness (QED) is 0.676. The summed E-state index contributed by atoms with van der Waals surface area (Å²) in [5.74, 6) is -0.580. The summed E-state index contributed by atoms with van der Waals surface area (Å²) in [5.41, 5.74) is 0.487. The Morgan fingerprint density at radius 1 is 1.22 bits per heavy atom. The lowest BCUT2D eigenvalue weighted by atomic mass is 10.2. The number of benzene rings is 1. The van der Waals surface area contributed by atoms with Crippen LogP contribution in [0, 0.1) is 0 Å². The van der Waals surface area contributed by atoms with E-state index in [-0.39, 0.29) is 25.0 Å². The highest BCUT2D eigenvalue weighted by Crippen LogP contribution is 2.15. The Hall–Kier alpha value is -1.40. The largest absolute Gasteiger partial charge is 0.396 e. The van der Waals surface area contributed by atoms with E-state index < -0.39 is 0 Å². The van der Waals surface area contributed by atoms with Crippen LogP contribution in [-0.4, -0.2) is 36.6 Å². The van der Waals surface area contributed by atoms with Crippen molar-refractivity contribution in [1.82, 2.24) is 10.6 Å². The Kier molecular flexibility index (Phi) is 6.38. The number of carbonyl (C=O) groups is 2. The average Bonchev–Trinajstić information content (AvgIpc) is 2.37. The number of rotatable bonds is 6. The lowest BCUT2D eigenvalue weighted by Gasteiger charge is -2.07. The van der Waals surface area contributed by atoms with Gasteiger partial charge < -0.3 is 15.7 Å². The van der Waals surface area contributed by atoms with Gasteiger partial charge in [-0.15, -0.1) is 0 Å². The molecule has 3 N–H and O–H groups in total. The van der Waals surface area contributed by atoms with E-state index >= 15 is 0 Å². The topological polar surface area (TPSA) is 78.4 Å². The molecular weight excluding hydrogens is 300 g/mol. The van der Waals surface area contributed by atoms with Crippen LogP contribution in [0.3, 0.4) is 0 Å². The first-order valence-electron chi connectivity index (χ1n) is 5.55. The molecule has 0 radical (unpaired) electrons. The molecule has 0 fully saturated rings. The Labute approximate surface area is 114 Å². The molecule has 5 nitrogen and oxygen atoms in total. The molecule has 0 aromatic heterocycles. The van der Waals surface area contributed by atoms with E-state index in [2.05, 4.69) is 26.6 Å². The number of aliphatic hydroxyl groups excluding tert-OH is 1. The van der Waals surface area contributed by atoms with E-state index in [1.165, 1.54) is 0 Å². The molecular formula is C12H15BrN2O3. The highest BCUT2D eigenvalue weighted by Gasteiger charge is 2.10. The standard InChI is InChI=1S/C12H15BrN2O3/c13-10-5-2-1-4-9(10)12(18)15-8-11(17)14-6-3-7-16/h1-2,4-5,16H,3,6-8H2,(H,14,17)(H,15,18). The second-order valence-electron chi connectivity index (χ2n) is 3.59. The molecule has 0 saturated heterocycles. The summed E-state index contributed by atoms with van der Waals surface area (Å²) in [6, 6.07) is 6.99. The van der Waals surface area contributed by atoms with E-state index in [4.69, 9.17) is 5.11 Å². The number of hydrogen-bond acceptors (Lipinski definition) is 3. The molecule has 1 aromatic carbocycles. The second-order valence-corrected chi connectivity index (χ2v) is 4.44. The van der Waals surface area contributed by atoms with Crippen molar-refractivity contribution in [3.05, 3.63) is 34.3 Å². The summed E-state index contributed by atoms with van der Waals surface area (Å²) < 4.78 is 0.684. The summed E-state index contributed by atoms with van der Waals surface area (Å²) in [6.45, 7) is 0.357. The van der Waals surface area contributed by atoms with Crippen LogP contribution in [0.4, 0.5) is 0 Å². The molecule has 98 valence electrons. The molecule has 0 bridgehead atoms. The van der Waals surface area contributed by atoms with Crippen molar-refractivity contribution in [2.24, 2.45) is 0 Å². The summed E-state index contributed by atoms with van der Waals surface area (Å²) in [6.07, 6.45) is 0.504. The minimum Gasteiger partial charge on any atom is -0.396 e. The molecule has 0 atom stereocenters. The summed E-state index contributed by atoms with van der Waals surface area (Å²) >= 11 is 3.27. The first kappa shape index (κ1) is 14.7. The van der Waals surface area contributed by atoms with Gasteiger partial charge in [-0.3, -0.25) is 9.59 Å². The minimum absolute atomic E-state index is 0.0314. The zero-order chi connectivity index (χ0) is 13.4. The normalized spacial score (nSPS) is 9.89. The van der Waals surface area contributed by atoms with Crippen molar-refractivity contribution in [2.75, 3.05) is 19.7 Å². The highest BCUT2D eigenvalue weighted by molar-refractivity contribution is 9.10. The predicted octanol–water partition coefficient (Wildman–Crippen LogP) is 0.677. The maximum Gasteiger partial charge on any atom is 0.252 e. The fraction of sp³-hybridized carbons (Fsp3) is 0.333. The third kappa shape index (κ3) is 4.85. The number of nitrogens with one attached hydrogen (secondary N) is 2. The molecule has 0 aliphatic carbocycles. The van der Waals surface area contributed by atoms with Gasteiger partial charge in [0.15, 0.2) is 0 Å². The van der Waals surface area contributed by atoms with Gasteiger partial charge in [0.2, 0.25) is 5.91 Å². The lowest BCUT2D eigenvalue weighted by Crippen LogP contribution is -2.37. The molecule has 0 aliphatic heterocycles. The van der Waals surface area contributed by atoms with Gasteiger partial charge in [-0.05, 0) is 34.5 Å². The fourth-order valence-corrected chi connectivity index (χ4v) is 1.74. The number of aliphatic hydroxyl groups is 1. The van der Waals surface area contributed by atoms with Crippen molar-refractivity contribution in [2.45, 2.75) is 6.42 Å². The number of carbonyl (C=O) groups excluding carboxylic acids is 2. The third-order valence-corrected chi connectivity index (χ3v) is 2.88. The summed E-state index contributed by atoms with van der Waals surface area (Å²) in [5, 5.41) is 13.7. The smallest absolute Gasteiger partial charge is 0.252 e. The first-order chi connectivity index (χ1) is 8.65. The van der Waals surface area contributed by atoms with Crippen LogP contribution in [0.2, 0.25) is 0 Å². The zero-order valence-corrected chi connectivity index (χ0v) is 11.4. The van der Waals surface area contributed by atoms with Crippen molar-refractivity contribution < 1.29 is 14.7 Å². The van der Waals surface area contributed by atoms with Crippen LogP contribution < -0.4 is 10.6 Å². The van der Waals surface area contributed by atoms with Gasteiger partial charge in [0.1, 0.15) is 0 Å². The maximum absolute atomic E-state index is 11.7. The van der Waals surface area contributed by atoms with E-state index in [9.17, 15) is 9.59 Å². The molecule has 6 heteroatoms. The molecule has 1 rings (SSSR count). The molecule has 18 heavy (non-hydrogen) atoms. The van der Waals surface area contributed by atoms with Gasteiger partial charge in [-0.25, -0.2) is 0 Å². The Morgan fingerprint density at radius 2 is 1.94 bits per heavy atom. The van der Waals surface area contributed by atoms with Crippen molar-refractivity contribution in [1.29, 1.82) is 0 Å². The van der Waals surface area contributed by atoms with Gasteiger partial charge in [-0.1, -0.05) is 12.1 Å². The second kappa shape index (κ2) is 7.84. The maximum atomic E-state index is 11.7. The average molecular weight is 315 g/mol. The molecule has 0 unspecified atom stereocenters. The molecule has 1 aromatic rings. The number of halogens is 1. The highest BCUT2D eigenvalue weighted by atomic mass is 79.9. The SMILES string of the molecule is O=C(CNC(=O)c1ccccc1Br)NCCCO. The van der Waals surface area contributed by atoms with E-state index in [1.807, 2.05) is 6.07 Å². The number of amides is 2. The van der Waals surface area contributed by atoms with Crippen molar-refractivity contribution in [3.63, 3.8) is 0 Å². The zero-order valence-electron chi connectivity index (χ0n) is 9.78. The van der Waals surface area contributed by atoms with Gasteiger partial charge in [0, 0.05) is 17.6 Å².